The summed E-state index contributed by atoms with van der Waals surface area (Å²) in [5, 5.41) is 38.1. The Hall–Kier alpha value is -4.82. The summed E-state index contributed by atoms with van der Waals surface area (Å²) in [4.78, 5) is 49.1. The molecule has 0 aliphatic rings. The quantitative estimate of drug-likeness (QED) is 0.144. The number of para-hydroxylation sites is 1. The van der Waals surface area contributed by atoms with Gasteiger partial charge in [0, 0.05) is 13.0 Å². The molecule has 0 radical (unpaired) electrons. The van der Waals surface area contributed by atoms with Gasteiger partial charge in [-0.25, -0.2) is 4.79 Å². The van der Waals surface area contributed by atoms with Crippen molar-refractivity contribution in [1.29, 1.82) is 0 Å². The third kappa shape index (κ3) is 5.62. The number of benzene rings is 2. The number of esters is 2. The summed E-state index contributed by atoms with van der Waals surface area (Å²) in [6.45, 7) is 1.10. The molecule has 0 bridgehead atoms. The third-order valence-corrected chi connectivity index (χ3v) is 3.55. The number of nitro benzene ring substituents is 2. The number of carbonyl (C=O) groups is 2. The topological polar surface area (TPSA) is 190 Å². The second-order valence-electron chi connectivity index (χ2n) is 6.05. The van der Waals surface area contributed by atoms with Gasteiger partial charge in [-0.3, -0.25) is 29.9 Å². The van der Waals surface area contributed by atoms with Crippen molar-refractivity contribution >= 4 is 23.3 Å². The number of rotatable bonds is 8. The fraction of sp³-hybridized carbons (Fsp3) is 0.176. The number of nitrogens with zero attached hydrogens (tertiary/aromatic N) is 5. The highest BCUT2D eigenvalue weighted by Crippen LogP contribution is 2.39. The monoisotopic (exact) mass is 449 g/mol. The van der Waals surface area contributed by atoms with Gasteiger partial charge in [0.25, 0.3) is 0 Å². The van der Waals surface area contributed by atoms with E-state index in [1.165, 1.54) is 38.4 Å². The van der Waals surface area contributed by atoms with Gasteiger partial charge >= 0.3 is 23.3 Å². The van der Waals surface area contributed by atoms with Gasteiger partial charge in [-0.2, -0.15) is 5.01 Å². The van der Waals surface area contributed by atoms with E-state index in [9.17, 15) is 35.0 Å². The van der Waals surface area contributed by atoms with Crippen molar-refractivity contribution in [2.24, 2.45) is 5.28 Å². The lowest BCUT2D eigenvalue weighted by Crippen LogP contribution is -2.21. The highest BCUT2D eigenvalue weighted by atomic mass is 16.7. The third-order valence-electron chi connectivity index (χ3n) is 3.55. The van der Waals surface area contributed by atoms with Gasteiger partial charge < -0.3 is 14.7 Å². The van der Waals surface area contributed by atoms with Crippen LogP contribution in [0.5, 0.6) is 17.2 Å². The minimum Gasteiger partial charge on any atom is -0.569 e. The van der Waals surface area contributed by atoms with Crippen LogP contribution in [0.1, 0.15) is 17.3 Å². The van der Waals surface area contributed by atoms with Gasteiger partial charge in [0.2, 0.25) is 16.8 Å². The molecule has 2 aromatic rings. The highest BCUT2D eigenvalue weighted by Gasteiger charge is 2.30. The predicted octanol–water partition coefficient (Wildman–Crippen LogP) is 2.38. The fourth-order valence-corrected chi connectivity index (χ4v) is 2.16. The van der Waals surface area contributed by atoms with Gasteiger partial charge in [-0.05, 0) is 12.1 Å². The lowest BCUT2D eigenvalue weighted by Gasteiger charge is -2.10. The van der Waals surface area contributed by atoms with E-state index in [2.05, 4.69) is 5.28 Å². The van der Waals surface area contributed by atoms with Crippen LogP contribution in [0.2, 0.25) is 0 Å². The van der Waals surface area contributed by atoms with Gasteiger partial charge in [0.15, 0.2) is 0 Å². The Balaban J connectivity index is 2.52. The van der Waals surface area contributed by atoms with Gasteiger partial charge in [-0.1, -0.05) is 12.1 Å². The van der Waals surface area contributed by atoms with Gasteiger partial charge in [0.05, 0.1) is 28.9 Å². The molecule has 15 nitrogen and oxygen atoms in total. The van der Waals surface area contributed by atoms with Crippen molar-refractivity contribution in [1.82, 2.24) is 5.01 Å². The molecule has 0 fully saturated rings. The summed E-state index contributed by atoms with van der Waals surface area (Å²) in [5.74, 6) is -3.52. The van der Waals surface area contributed by atoms with Crippen molar-refractivity contribution in [3.63, 3.8) is 0 Å². The van der Waals surface area contributed by atoms with Crippen LogP contribution in [0.4, 0.5) is 11.4 Å². The van der Waals surface area contributed by atoms with E-state index in [-0.39, 0.29) is 16.3 Å². The molecule has 0 aromatic heterocycles. The fourth-order valence-electron chi connectivity index (χ4n) is 2.16. The average Bonchev–Trinajstić information content (AvgIpc) is 2.71. The molecular formula is C17H15N5O10. The van der Waals surface area contributed by atoms with Crippen molar-refractivity contribution in [2.75, 3.05) is 14.1 Å². The molecule has 0 unspecified atom stereocenters. The molecule has 0 saturated carbocycles. The van der Waals surface area contributed by atoms with Crippen LogP contribution in [0, 0.1) is 25.4 Å². The molecule has 0 aliphatic carbocycles. The molecule has 0 N–H and O–H groups in total. The smallest absolute Gasteiger partial charge is 0.347 e. The van der Waals surface area contributed by atoms with E-state index in [1.807, 2.05) is 0 Å². The second-order valence-corrected chi connectivity index (χ2v) is 6.05. The minimum absolute atomic E-state index is 0.0633. The minimum atomic E-state index is -1.17. The zero-order valence-corrected chi connectivity index (χ0v) is 16.8. The first-order chi connectivity index (χ1) is 15.0. The number of carbonyl (C=O) groups excluding carboxylic acids is 2. The van der Waals surface area contributed by atoms with E-state index in [1.54, 1.807) is 0 Å². The molecule has 2 rings (SSSR count). The number of hydrogen-bond donors (Lipinski definition) is 0. The lowest BCUT2D eigenvalue weighted by atomic mass is 10.2. The van der Waals surface area contributed by atoms with Crippen LogP contribution < -0.4 is 14.3 Å². The highest BCUT2D eigenvalue weighted by molar-refractivity contribution is 5.95. The van der Waals surface area contributed by atoms with E-state index in [4.69, 9.17) is 14.3 Å². The molecular weight excluding hydrogens is 434 g/mol. The molecule has 168 valence electrons. The second kappa shape index (κ2) is 9.79. The Morgan fingerprint density at radius 3 is 2.06 bits per heavy atom. The largest absolute Gasteiger partial charge is 0.569 e. The van der Waals surface area contributed by atoms with Crippen molar-refractivity contribution in [3.8, 4) is 17.2 Å². The predicted molar refractivity (Wildman–Crippen MR) is 103 cm³/mol. The number of hydrazine groups is 1. The number of hydrogen-bond acceptors (Lipinski definition) is 11. The van der Waals surface area contributed by atoms with Crippen LogP contribution in [-0.4, -0.2) is 45.9 Å². The maximum absolute atomic E-state index is 12.6. The average molecular weight is 449 g/mol. The maximum atomic E-state index is 12.6. The molecule has 15 heteroatoms. The zero-order chi connectivity index (χ0) is 24.0. The Labute approximate surface area is 178 Å². The van der Waals surface area contributed by atoms with Crippen LogP contribution in [0.15, 0.2) is 41.7 Å². The molecule has 0 saturated heterocycles. The van der Waals surface area contributed by atoms with E-state index < -0.39 is 44.7 Å². The summed E-state index contributed by atoms with van der Waals surface area (Å²) in [6.07, 6.45) is 0. The maximum Gasteiger partial charge on any atom is 0.347 e. The van der Waals surface area contributed by atoms with E-state index >= 15 is 0 Å². The van der Waals surface area contributed by atoms with E-state index in [0.717, 1.165) is 11.9 Å². The summed E-state index contributed by atoms with van der Waals surface area (Å²) in [6, 6.07) is 6.56. The molecule has 0 amide bonds. The first-order valence-corrected chi connectivity index (χ1v) is 8.50. The molecule has 0 heterocycles. The van der Waals surface area contributed by atoms with Crippen LogP contribution in [0.25, 0.3) is 0 Å². The normalized spacial score (nSPS) is 10.8. The summed E-state index contributed by atoms with van der Waals surface area (Å²) in [5.41, 5.74) is -2.09. The molecule has 0 aliphatic heterocycles. The Morgan fingerprint density at radius 1 is 0.906 bits per heavy atom. The first-order valence-electron chi connectivity index (χ1n) is 8.50. The molecule has 0 spiro atoms. The Bertz CT molecular complexity index is 1110. The van der Waals surface area contributed by atoms with Gasteiger partial charge in [0.1, 0.15) is 17.4 Å². The molecule has 32 heavy (non-hydrogen) atoms. The van der Waals surface area contributed by atoms with Crippen molar-refractivity contribution < 1.29 is 38.7 Å². The summed E-state index contributed by atoms with van der Waals surface area (Å²) >= 11 is 0. The summed E-state index contributed by atoms with van der Waals surface area (Å²) in [7, 11) is 2.61. The number of nitro groups is 2. The zero-order valence-electron chi connectivity index (χ0n) is 16.8. The summed E-state index contributed by atoms with van der Waals surface area (Å²) < 4.78 is 9.92. The Kier molecular flexibility index (Phi) is 7.18. The standard InChI is InChI=1S/C17H15N5O10/c1-10(23)30-14-7-5-4-6-11(14)17(24)31-15-9-16(32-18-22(29)19(2)3)13(21(27)28)8-12(15)20(25)26/h4-9H,1-3H3/b22-18-. The van der Waals surface area contributed by atoms with E-state index in [0.29, 0.717) is 12.1 Å². The Morgan fingerprint density at radius 2 is 1.50 bits per heavy atom. The van der Waals surface area contributed by atoms with Crippen LogP contribution in [-0.2, 0) is 4.79 Å². The van der Waals surface area contributed by atoms with Crippen LogP contribution >= 0.6 is 0 Å². The SMILES string of the molecule is CC(=O)Oc1ccccc1C(=O)Oc1cc(O/N=[N+](\[O-])N(C)C)c([N+](=O)[O-])cc1[N+](=O)[O-]. The molecule has 0 atom stereocenters. The number of ether oxygens (including phenoxy) is 2. The van der Waals surface area contributed by atoms with Crippen LogP contribution in [0.3, 0.4) is 0 Å². The van der Waals surface area contributed by atoms with Gasteiger partial charge in [-0.15, -0.1) is 0 Å². The van der Waals surface area contributed by atoms with Crippen molar-refractivity contribution in [3.05, 3.63) is 67.4 Å². The molecule has 2 aromatic carbocycles. The first kappa shape index (κ1) is 23.5. The van der Waals surface area contributed by atoms with Crippen molar-refractivity contribution in [2.45, 2.75) is 6.92 Å². The lowest BCUT2D eigenvalue weighted by molar-refractivity contribution is -0.695.